The zero-order valence-electron chi connectivity index (χ0n) is 14.5. The van der Waals surface area contributed by atoms with Crippen LogP contribution in [0.25, 0.3) is 10.9 Å². The van der Waals surface area contributed by atoms with Gasteiger partial charge in [-0.05, 0) is 48.7 Å². The Hall–Kier alpha value is -3.15. The molecule has 0 radical (unpaired) electrons. The second-order valence-electron chi connectivity index (χ2n) is 6.41. The van der Waals surface area contributed by atoms with E-state index in [-0.39, 0.29) is 6.03 Å². The van der Waals surface area contributed by atoms with Gasteiger partial charge >= 0.3 is 6.03 Å². The van der Waals surface area contributed by atoms with Gasteiger partial charge in [-0.15, -0.1) is 0 Å². The van der Waals surface area contributed by atoms with Gasteiger partial charge in [-0.2, -0.15) is 0 Å². The molecule has 4 rings (SSSR count). The third kappa shape index (κ3) is 3.59. The number of rotatable bonds is 4. The van der Waals surface area contributed by atoms with Gasteiger partial charge in [0.25, 0.3) is 0 Å². The number of benzene rings is 1. The summed E-state index contributed by atoms with van der Waals surface area (Å²) in [5, 5.41) is 6.91. The Kier molecular flexibility index (Phi) is 4.64. The van der Waals surface area contributed by atoms with E-state index in [1.165, 1.54) is 12.8 Å². The molecule has 0 saturated carbocycles. The van der Waals surface area contributed by atoms with Crippen LogP contribution in [0.15, 0.2) is 54.9 Å². The lowest BCUT2D eigenvalue weighted by atomic mass is 10.1. The first-order valence-electron chi connectivity index (χ1n) is 8.88. The fourth-order valence-corrected chi connectivity index (χ4v) is 3.26. The zero-order valence-corrected chi connectivity index (χ0v) is 14.5. The number of urea groups is 1. The highest BCUT2D eigenvalue weighted by Gasteiger charge is 2.17. The highest BCUT2D eigenvalue weighted by Crippen LogP contribution is 2.25. The molecule has 0 atom stereocenters. The lowest BCUT2D eigenvalue weighted by Crippen LogP contribution is -2.29. The number of nitrogens with zero attached hydrogens (tertiary/aromatic N) is 3. The van der Waals surface area contributed by atoms with Crippen LogP contribution in [0.2, 0.25) is 0 Å². The van der Waals surface area contributed by atoms with Gasteiger partial charge in [0.2, 0.25) is 0 Å². The van der Waals surface area contributed by atoms with Crippen molar-refractivity contribution in [3.63, 3.8) is 0 Å². The van der Waals surface area contributed by atoms with E-state index in [4.69, 9.17) is 0 Å². The monoisotopic (exact) mass is 347 g/mol. The molecule has 0 unspecified atom stereocenters. The Bertz CT molecular complexity index is 921. The number of anilines is 2. The van der Waals surface area contributed by atoms with Crippen molar-refractivity contribution < 1.29 is 4.79 Å². The third-order valence-electron chi connectivity index (χ3n) is 4.56. The zero-order chi connectivity index (χ0) is 17.8. The summed E-state index contributed by atoms with van der Waals surface area (Å²) in [5.74, 6) is 0.844. The van der Waals surface area contributed by atoms with Gasteiger partial charge < -0.3 is 15.5 Å². The van der Waals surface area contributed by atoms with Gasteiger partial charge in [0.15, 0.2) is 5.82 Å². The first-order valence-corrected chi connectivity index (χ1v) is 8.88. The molecule has 132 valence electrons. The number of hydrogen-bond donors (Lipinski definition) is 2. The average Bonchev–Trinajstić information content (AvgIpc) is 3.21. The SMILES string of the molecule is O=C(NCc1ccc2ncccc2c1)Nc1cccnc1N1CCCC1. The highest BCUT2D eigenvalue weighted by atomic mass is 16.2. The minimum Gasteiger partial charge on any atom is -0.355 e. The first-order chi connectivity index (χ1) is 12.8. The second kappa shape index (κ2) is 7.39. The summed E-state index contributed by atoms with van der Waals surface area (Å²) < 4.78 is 0. The van der Waals surface area contributed by atoms with Gasteiger partial charge in [0.1, 0.15) is 0 Å². The lowest BCUT2D eigenvalue weighted by Gasteiger charge is -2.20. The number of carbonyl (C=O) groups excluding carboxylic acids is 1. The summed E-state index contributed by atoms with van der Waals surface area (Å²) in [7, 11) is 0. The van der Waals surface area contributed by atoms with E-state index in [1.54, 1.807) is 12.4 Å². The predicted octanol–water partition coefficient (Wildman–Crippen LogP) is 3.55. The molecule has 3 heterocycles. The molecule has 6 heteroatoms. The number of pyridine rings is 2. The first kappa shape index (κ1) is 16.3. The molecule has 6 nitrogen and oxygen atoms in total. The van der Waals surface area contributed by atoms with Crippen molar-refractivity contribution in [1.82, 2.24) is 15.3 Å². The van der Waals surface area contributed by atoms with Crippen LogP contribution in [-0.2, 0) is 6.54 Å². The van der Waals surface area contributed by atoms with Crippen LogP contribution in [0.4, 0.5) is 16.3 Å². The molecule has 2 aromatic heterocycles. The summed E-state index contributed by atoms with van der Waals surface area (Å²) in [5.41, 5.74) is 2.73. The molecule has 1 fully saturated rings. The number of hydrogen-bond acceptors (Lipinski definition) is 4. The molecular weight excluding hydrogens is 326 g/mol. The standard InChI is InChI=1S/C20H21N5O/c26-20(23-14-15-7-8-17-16(13-15)5-3-9-21-17)24-18-6-4-10-22-19(18)25-11-1-2-12-25/h3-10,13H,1-2,11-12,14H2,(H2,23,24,26). The molecule has 26 heavy (non-hydrogen) atoms. The topological polar surface area (TPSA) is 70.1 Å². The Morgan fingerprint density at radius 1 is 1.04 bits per heavy atom. The van der Waals surface area contributed by atoms with Crippen LogP contribution in [0.3, 0.4) is 0 Å². The summed E-state index contributed by atoms with van der Waals surface area (Å²) in [4.78, 5) is 23.3. The quantitative estimate of drug-likeness (QED) is 0.757. The Balaban J connectivity index is 1.41. The number of carbonyl (C=O) groups is 1. The van der Waals surface area contributed by atoms with Crippen molar-refractivity contribution in [3.05, 3.63) is 60.4 Å². The maximum atomic E-state index is 12.3. The van der Waals surface area contributed by atoms with Gasteiger partial charge in [-0.1, -0.05) is 12.1 Å². The molecule has 2 N–H and O–H groups in total. The van der Waals surface area contributed by atoms with Crippen LogP contribution in [0, 0.1) is 0 Å². The number of nitrogens with one attached hydrogen (secondary N) is 2. The number of amides is 2. The van der Waals surface area contributed by atoms with Gasteiger partial charge in [-0.25, -0.2) is 9.78 Å². The van der Waals surface area contributed by atoms with Crippen LogP contribution >= 0.6 is 0 Å². The van der Waals surface area contributed by atoms with E-state index in [9.17, 15) is 4.79 Å². The fraction of sp³-hybridized carbons (Fsp3) is 0.250. The van der Waals surface area contributed by atoms with Crippen molar-refractivity contribution in [1.29, 1.82) is 0 Å². The molecule has 1 saturated heterocycles. The van der Waals surface area contributed by atoms with Gasteiger partial charge in [0.05, 0.1) is 11.2 Å². The molecular formula is C20H21N5O. The summed E-state index contributed by atoms with van der Waals surface area (Å²) in [6, 6.07) is 13.4. The van der Waals surface area contributed by atoms with E-state index >= 15 is 0 Å². The highest BCUT2D eigenvalue weighted by molar-refractivity contribution is 5.92. The second-order valence-corrected chi connectivity index (χ2v) is 6.41. The third-order valence-corrected chi connectivity index (χ3v) is 4.56. The summed E-state index contributed by atoms with van der Waals surface area (Å²) >= 11 is 0. The van der Waals surface area contributed by atoms with E-state index in [2.05, 4.69) is 25.5 Å². The molecule has 1 aliphatic heterocycles. The van der Waals surface area contributed by atoms with Crippen molar-refractivity contribution >= 4 is 28.4 Å². The Morgan fingerprint density at radius 3 is 2.73 bits per heavy atom. The number of aromatic nitrogens is 2. The van der Waals surface area contributed by atoms with Crippen molar-refractivity contribution in [2.24, 2.45) is 0 Å². The van der Waals surface area contributed by atoms with E-state index < -0.39 is 0 Å². The molecule has 0 aliphatic carbocycles. The molecule has 1 aliphatic rings. The van der Waals surface area contributed by atoms with E-state index in [1.807, 2.05) is 42.5 Å². The predicted molar refractivity (Wildman–Crippen MR) is 103 cm³/mol. The molecule has 0 spiro atoms. The van der Waals surface area contributed by atoms with E-state index in [0.717, 1.165) is 41.1 Å². The summed E-state index contributed by atoms with van der Waals surface area (Å²) in [6.45, 7) is 2.42. The Morgan fingerprint density at radius 2 is 1.85 bits per heavy atom. The van der Waals surface area contributed by atoms with Crippen LogP contribution < -0.4 is 15.5 Å². The minimum atomic E-state index is -0.232. The van der Waals surface area contributed by atoms with E-state index in [0.29, 0.717) is 6.54 Å². The van der Waals surface area contributed by atoms with Crippen LogP contribution in [-0.4, -0.2) is 29.1 Å². The lowest BCUT2D eigenvalue weighted by molar-refractivity contribution is 0.251. The molecule has 2 amide bonds. The smallest absolute Gasteiger partial charge is 0.319 e. The summed E-state index contributed by atoms with van der Waals surface area (Å²) in [6.07, 6.45) is 5.87. The largest absolute Gasteiger partial charge is 0.355 e. The van der Waals surface area contributed by atoms with Gasteiger partial charge in [0, 0.05) is 37.4 Å². The maximum absolute atomic E-state index is 12.3. The normalized spacial score (nSPS) is 13.8. The van der Waals surface area contributed by atoms with Crippen molar-refractivity contribution in [2.75, 3.05) is 23.3 Å². The van der Waals surface area contributed by atoms with Crippen LogP contribution in [0.1, 0.15) is 18.4 Å². The van der Waals surface area contributed by atoms with Gasteiger partial charge in [-0.3, -0.25) is 4.98 Å². The van der Waals surface area contributed by atoms with Crippen molar-refractivity contribution in [2.45, 2.75) is 19.4 Å². The fourth-order valence-electron chi connectivity index (χ4n) is 3.26. The molecule has 1 aromatic carbocycles. The average molecular weight is 347 g/mol. The van der Waals surface area contributed by atoms with Crippen LogP contribution in [0.5, 0.6) is 0 Å². The number of fused-ring (bicyclic) bond motifs is 1. The minimum absolute atomic E-state index is 0.232. The Labute approximate surface area is 152 Å². The maximum Gasteiger partial charge on any atom is 0.319 e. The van der Waals surface area contributed by atoms with Crippen molar-refractivity contribution in [3.8, 4) is 0 Å². The molecule has 3 aromatic rings. The molecule has 0 bridgehead atoms.